The number of ketones is 1. The molecule has 5 heteroatoms. The van der Waals surface area contributed by atoms with Gasteiger partial charge < -0.3 is 14.8 Å². The summed E-state index contributed by atoms with van der Waals surface area (Å²) in [6.07, 6.45) is 0. The third kappa shape index (κ3) is 5.09. The number of amides is 1. The first-order chi connectivity index (χ1) is 9.04. The van der Waals surface area contributed by atoms with E-state index in [1.807, 2.05) is 13.0 Å². The van der Waals surface area contributed by atoms with Crippen molar-refractivity contribution in [2.45, 2.75) is 13.8 Å². The predicted molar refractivity (Wildman–Crippen MR) is 71.6 cm³/mol. The molecule has 0 spiro atoms. The lowest BCUT2D eigenvalue weighted by Crippen LogP contribution is -2.31. The molecule has 0 aliphatic heterocycles. The maximum Gasteiger partial charge on any atom is 0.258 e. The van der Waals surface area contributed by atoms with Gasteiger partial charge in [0.15, 0.2) is 12.4 Å². The Bertz CT molecular complexity index is 457. The van der Waals surface area contributed by atoms with E-state index in [4.69, 9.17) is 9.47 Å². The number of carbonyl (C=O) groups excluding carboxylic acids is 2. The Morgan fingerprint density at radius 2 is 2.05 bits per heavy atom. The second-order valence-corrected chi connectivity index (χ2v) is 4.19. The number of aryl methyl sites for hydroxylation is 1. The Morgan fingerprint density at radius 1 is 1.32 bits per heavy atom. The fourth-order valence-electron chi connectivity index (χ4n) is 1.53. The zero-order valence-corrected chi connectivity index (χ0v) is 11.5. The first-order valence-electron chi connectivity index (χ1n) is 6.04. The number of Topliss-reactive ketones (excluding diaryl/α,β-unsaturated/α-hetero) is 1. The molecule has 0 saturated heterocycles. The van der Waals surface area contributed by atoms with E-state index in [-0.39, 0.29) is 18.3 Å². The average molecular weight is 265 g/mol. The van der Waals surface area contributed by atoms with Crippen LogP contribution < -0.4 is 10.1 Å². The Hall–Kier alpha value is -1.88. The van der Waals surface area contributed by atoms with E-state index in [9.17, 15) is 9.59 Å². The highest BCUT2D eigenvalue weighted by Crippen LogP contribution is 2.20. The highest BCUT2D eigenvalue weighted by atomic mass is 16.5. The molecule has 1 N–H and O–H groups in total. The minimum atomic E-state index is -0.243. The van der Waals surface area contributed by atoms with Crippen molar-refractivity contribution in [1.82, 2.24) is 5.32 Å². The van der Waals surface area contributed by atoms with Gasteiger partial charge in [-0.1, -0.05) is 11.6 Å². The number of ether oxygens (including phenoxy) is 2. The molecule has 0 heterocycles. The Kier molecular flexibility index (Phi) is 6.02. The SMILES string of the molecule is COCCNC(=O)COc1ccc(C)cc1C(C)=O. The van der Waals surface area contributed by atoms with Crippen molar-refractivity contribution >= 4 is 11.7 Å². The summed E-state index contributed by atoms with van der Waals surface area (Å²) in [6.45, 7) is 4.14. The van der Waals surface area contributed by atoms with Gasteiger partial charge in [0, 0.05) is 13.7 Å². The van der Waals surface area contributed by atoms with Gasteiger partial charge in [0.1, 0.15) is 5.75 Å². The second-order valence-electron chi connectivity index (χ2n) is 4.19. The monoisotopic (exact) mass is 265 g/mol. The maximum atomic E-state index is 11.5. The van der Waals surface area contributed by atoms with E-state index < -0.39 is 0 Å². The lowest BCUT2D eigenvalue weighted by atomic mass is 10.1. The summed E-state index contributed by atoms with van der Waals surface area (Å²) in [4.78, 5) is 22.9. The van der Waals surface area contributed by atoms with E-state index in [2.05, 4.69) is 5.32 Å². The predicted octanol–water partition coefficient (Wildman–Crippen LogP) is 1.34. The summed E-state index contributed by atoms with van der Waals surface area (Å²) >= 11 is 0. The number of hydrogen-bond donors (Lipinski definition) is 1. The molecule has 0 bridgehead atoms. The number of methoxy groups -OCH3 is 1. The van der Waals surface area contributed by atoms with Crippen LogP contribution in [0.3, 0.4) is 0 Å². The number of benzene rings is 1. The average Bonchev–Trinajstić information content (AvgIpc) is 2.37. The third-order valence-corrected chi connectivity index (χ3v) is 2.50. The van der Waals surface area contributed by atoms with E-state index >= 15 is 0 Å². The van der Waals surface area contributed by atoms with Crippen molar-refractivity contribution in [2.24, 2.45) is 0 Å². The van der Waals surface area contributed by atoms with Crippen LogP contribution in [0, 0.1) is 6.92 Å². The first-order valence-corrected chi connectivity index (χ1v) is 6.04. The van der Waals surface area contributed by atoms with Gasteiger partial charge in [0.2, 0.25) is 0 Å². The van der Waals surface area contributed by atoms with E-state index in [0.717, 1.165) is 5.56 Å². The van der Waals surface area contributed by atoms with Crippen molar-refractivity contribution in [3.63, 3.8) is 0 Å². The second kappa shape index (κ2) is 7.53. The molecule has 19 heavy (non-hydrogen) atoms. The number of nitrogens with one attached hydrogen (secondary N) is 1. The van der Waals surface area contributed by atoms with Crippen LogP contribution in [0.15, 0.2) is 18.2 Å². The van der Waals surface area contributed by atoms with Crippen LogP contribution in [0.4, 0.5) is 0 Å². The summed E-state index contributed by atoms with van der Waals surface area (Å²) in [6, 6.07) is 5.29. The third-order valence-electron chi connectivity index (χ3n) is 2.50. The molecule has 5 nitrogen and oxygen atoms in total. The molecule has 1 aromatic rings. The van der Waals surface area contributed by atoms with E-state index in [1.165, 1.54) is 6.92 Å². The van der Waals surface area contributed by atoms with Crippen molar-refractivity contribution in [3.8, 4) is 5.75 Å². The summed E-state index contributed by atoms with van der Waals surface area (Å²) in [5.41, 5.74) is 1.46. The topological polar surface area (TPSA) is 64.6 Å². The summed E-state index contributed by atoms with van der Waals surface area (Å²) < 4.78 is 10.2. The largest absolute Gasteiger partial charge is 0.483 e. The molecule has 0 aromatic heterocycles. The molecule has 1 aromatic carbocycles. The molecule has 0 fully saturated rings. The van der Waals surface area contributed by atoms with Gasteiger partial charge in [-0.2, -0.15) is 0 Å². The van der Waals surface area contributed by atoms with Crippen molar-refractivity contribution in [1.29, 1.82) is 0 Å². The number of hydrogen-bond acceptors (Lipinski definition) is 4. The molecule has 0 unspecified atom stereocenters. The van der Waals surface area contributed by atoms with E-state index in [1.54, 1.807) is 19.2 Å². The minimum absolute atomic E-state index is 0.0847. The smallest absolute Gasteiger partial charge is 0.258 e. The molecule has 0 aliphatic carbocycles. The van der Waals surface area contributed by atoms with Gasteiger partial charge in [0.25, 0.3) is 5.91 Å². The Labute approximate surface area is 112 Å². The van der Waals surface area contributed by atoms with Gasteiger partial charge in [-0.3, -0.25) is 9.59 Å². The highest BCUT2D eigenvalue weighted by Gasteiger charge is 2.10. The normalized spacial score (nSPS) is 10.1. The van der Waals surface area contributed by atoms with Crippen LogP contribution in [0.1, 0.15) is 22.8 Å². The van der Waals surface area contributed by atoms with Crippen LogP contribution in [0.2, 0.25) is 0 Å². The first kappa shape index (κ1) is 15.2. The van der Waals surface area contributed by atoms with Gasteiger partial charge in [0.05, 0.1) is 12.2 Å². The van der Waals surface area contributed by atoms with Crippen molar-refractivity contribution < 1.29 is 19.1 Å². The molecular formula is C14H19NO4. The summed E-state index contributed by atoms with van der Waals surface area (Å²) in [5, 5.41) is 2.64. The molecule has 0 aliphatic rings. The fraction of sp³-hybridized carbons (Fsp3) is 0.429. The van der Waals surface area contributed by atoms with Gasteiger partial charge in [-0.05, 0) is 26.0 Å². The van der Waals surface area contributed by atoms with Crippen LogP contribution in [0.25, 0.3) is 0 Å². The Balaban J connectivity index is 2.57. The van der Waals surface area contributed by atoms with E-state index in [0.29, 0.717) is 24.5 Å². The molecule has 0 atom stereocenters. The quantitative estimate of drug-likeness (QED) is 0.597. The summed E-state index contributed by atoms with van der Waals surface area (Å²) in [7, 11) is 1.56. The van der Waals surface area contributed by atoms with Crippen molar-refractivity contribution in [2.75, 3.05) is 26.9 Å². The molecule has 1 rings (SSSR count). The van der Waals surface area contributed by atoms with Crippen molar-refractivity contribution in [3.05, 3.63) is 29.3 Å². The fourth-order valence-corrected chi connectivity index (χ4v) is 1.53. The standard InChI is InChI=1S/C14H19NO4/c1-10-4-5-13(12(8-10)11(2)16)19-9-14(17)15-6-7-18-3/h4-5,8H,6-7,9H2,1-3H3,(H,15,17). The zero-order chi connectivity index (χ0) is 14.3. The Morgan fingerprint density at radius 3 is 2.68 bits per heavy atom. The zero-order valence-electron chi connectivity index (χ0n) is 11.5. The lowest BCUT2D eigenvalue weighted by Gasteiger charge is -2.10. The molecular weight excluding hydrogens is 246 g/mol. The van der Waals surface area contributed by atoms with Gasteiger partial charge >= 0.3 is 0 Å². The number of carbonyl (C=O) groups is 2. The van der Waals surface area contributed by atoms with Crippen LogP contribution in [-0.2, 0) is 9.53 Å². The van der Waals surface area contributed by atoms with Gasteiger partial charge in [-0.25, -0.2) is 0 Å². The number of rotatable bonds is 7. The molecule has 1 amide bonds. The van der Waals surface area contributed by atoms with Crippen LogP contribution in [-0.4, -0.2) is 38.6 Å². The van der Waals surface area contributed by atoms with Crippen LogP contribution in [0.5, 0.6) is 5.75 Å². The highest BCUT2D eigenvalue weighted by molar-refractivity contribution is 5.97. The molecule has 104 valence electrons. The molecule has 0 saturated carbocycles. The maximum absolute atomic E-state index is 11.5. The van der Waals surface area contributed by atoms with Gasteiger partial charge in [-0.15, -0.1) is 0 Å². The minimum Gasteiger partial charge on any atom is -0.483 e. The summed E-state index contributed by atoms with van der Waals surface area (Å²) in [5.74, 6) is 0.102. The molecule has 0 radical (unpaired) electrons. The van der Waals surface area contributed by atoms with Crippen LogP contribution >= 0.6 is 0 Å². The lowest BCUT2D eigenvalue weighted by molar-refractivity contribution is -0.123.